The number of hydrogen-bond acceptors (Lipinski definition) is 4. The van der Waals surface area contributed by atoms with E-state index in [1.807, 2.05) is 61.3 Å². The van der Waals surface area contributed by atoms with Gasteiger partial charge in [0, 0.05) is 26.2 Å². The molecule has 0 unspecified atom stereocenters. The van der Waals surface area contributed by atoms with Gasteiger partial charge in [-0.05, 0) is 30.7 Å². The predicted molar refractivity (Wildman–Crippen MR) is 109 cm³/mol. The third-order valence-corrected chi connectivity index (χ3v) is 6.87. The lowest BCUT2D eigenvalue weighted by molar-refractivity contribution is -0.142. The van der Waals surface area contributed by atoms with Crippen molar-refractivity contribution in [1.82, 2.24) is 14.5 Å². The number of likely N-dealkylation sites (N-methyl/N-ethyl adjacent to an activating group) is 2. The lowest BCUT2D eigenvalue weighted by Crippen LogP contribution is -2.58. The number of sulfonamides is 1. The Kier molecular flexibility index (Phi) is 6.17. The number of aryl methyl sites for hydroxylation is 1. The summed E-state index contributed by atoms with van der Waals surface area (Å²) in [4.78, 5) is 16.7. The highest BCUT2D eigenvalue weighted by atomic mass is 32.2. The van der Waals surface area contributed by atoms with Gasteiger partial charge in [0.25, 0.3) is 0 Å². The van der Waals surface area contributed by atoms with Crippen LogP contribution >= 0.6 is 0 Å². The minimum Gasteiger partial charge on any atom is -0.342 e. The number of rotatable bonds is 6. The maximum atomic E-state index is 12.8. The third-order valence-electron chi connectivity index (χ3n) is 5.35. The lowest BCUT2D eigenvalue weighted by atomic mass is 9.99. The molecule has 1 heterocycles. The fourth-order valence-electron chi connectivity index (χ4n) is 3.69. The quantitative estimate of drug-likeness (QED) is 0.804. The highest BCUT2D eigenvalue weighted by Gasteiger charge is 2.38. The molecule has 1 N–H and O–H groups in total. The first-order chi connectivity index (χ1) is 13.3. The molecule has 0 aromatic heterocycles. The second-order valence-electron chi connectivity index (χ2n) is 7.16. The van der Waals surface area contributed by atoms with E-state index >= 15 is 0 Å². The Hall–Kier alpha value is -2.22. The van der Waals surface area contributed by atoms with Crippen molar-refractivity contribution in [2.75, 3.05) is 27.2 Å². The molecule has 0 bridgehead atoms. The number of nitrogens with one attached hydrogen (secondary N) is 1. The van der Waals surface area contributed by atoms with Crippen LogP contribution in [0.2, 0.25) is 0 Å². The van der Waals surface area contributed by atoms with E-state index in [0.29, 0.717) is 17.9 Å². The molecule has 0 spiro atoms. The topological polar surface area (TPSA) is 69.7 Å². The van der Waals surface area contributed by atoms with E-state index in [-0.39, 0.29) is 18.5 Å². The van der Waals surface area contributed by atoms with Gasteiger partial charge in [-0.1, -0.05) is 55.5 Å². The molecule has 2 aromatic carbocycles. The molecule has 28 heavy (non-hydrogen) atoms. The van der Waals surface area contributed by atoms with Crippen LogP contribution in [0.25, 0.3) is 0 Å². The Morgan fingerprint density at radius 3 is 2.36 bits per heavy atom. The first kappa shape index (κ1) is 20.5. The van der Waals surface area contributed by atoms with Crippen molar-refractivity contribution >= 4 is 15.9 Å². The van der Waals surface area contributed by atoms with Crippen molar-refractivity contribution in [3.63, 3.8) is 0 Å². The Balaban J connectivity index is 1.79. The predicted octanol–water partition coefficient (Wildman–Crippen LogP) is 2.04. The maximum Gasteiger partial charge on any atom is 0.244 e. The molecule has 2 aromatic rings. The van der Waals surface area contributed by atoms with Crippen molar-refractivity contribution in [3.8, 4) is 0 Å². The summed E-state index contributed by atoms with van der Waals surface area (Å²) in [6.45, 7) is 2.64. The summed E-state index contributed by atoms with van der Waals surface area (Å²) in [7, 11) is 0.0205. The molecule has 2 atom stereocenters. The second kappa shape index (κ2) is 8.43. The average Bonchev–Trinajstić information content (AvgIpc) is 2.70. The molecule has 150 valence electrons. The first-order valence-corrected chi connectivity index (χ1v) is 10.9. The molecule has 3 rings (SSSR count). The number of amides is 1. The normalized spacial score (nSPS) is 21.1. The number of carbonyl (C=O) groups excluding carboxylic acids is 1. The van der Waals surface area contributed by atoms with Gasteiger partial charge in [-0.2, -0.15) is 0 Å². The van der Waals surface area contributed by atoms with Crippen LogP contribution in [-0.2, 0) is 21.2 Å². The Morgan fingerprint density at radius 1 is 1.04 bits per heavy atom. The van der Waals surface area contributed by atoms with Gasteiger partial charge in [-0.25, -0.2) is 13.1 Å². The van der Waals surface area contributed by atoms with Crippen molar-refractivity contribution in [1.29, 1.82) is 0 Å². The number of nitrogens with zero attached hydrogens (tertiary/aromatic N) is 2. The van der Waals surface area contributed by atoms with Crippen molar-refractivity contribution in [2.24, 2.45) is 0 Å². The van der Waals surface area contributed by atoms with Gasteiger partial charge in [-0.3, -0.25) is 9.69 Å². The molecule has 6 nitrogen and oxygen atoms in total. The van der Waals surface area contributed by atoms with E-state index in [0.717, 1.165) is 11.1 Å². The summed E-state index contributed by atoms with van der Waals surface area (Å²) < 4.78 is 28.4. The average molecular weight is 402 g/mol. The zero-order valence-electron chi connectivity index (χ0n) is 16.5. The van der Waals surface area contributed by atoms with E-state index in [1.54, 1.807) is 24.1 Å². The summed E-state index contributed by atoms with van der Waals surface area (Å²) in [5, 5.41) is 0. The fraction of sp³-hybridized carbons (Fsp3) is 0.381. The molecule has 1 amide bonds. The molecular weight excluding hydrogens is 374 g/mol. The van der Waals surface area contributed by atoms with Gasteiger partial charge in [0.05, 0.1) is 4.90 Å². The second-order valence-corrected chi connectivity index (χ2v) is 8.90. The number of benzene rings is 2. The van der Waals surface area contributed by atoms with Gasteiger partial charge in [0.15, 0.2) is 0 Å². The fourth-order valence-corrected chi connectivity index (χ4v) is 5.07. The van der Waals surface area contributed by atoms with Gasteiger partial charge in [0.2, 0.25) is 15.9 Å². The van der Waals surface area contributed by atoms with E-state index in [9.17, 15) is 13.2 Å². The van der Waals surface area contributed by atoms with Gasteiger partial charge in [-0.15, -0.1) is 0 Å². The SMILES string of the molecule is CCc1ccccc1S(=O)(=O)NC[C@@H]1CN(C)C(=O)[C@H](c2ccccc2)N1C. The van der Waals surface area contributed by atoms with E-state index in [2.05, 4.69) is 4.72 Å². The van der Waals surface area contributed by atoms with Crippen LogP contribution in [0.4, 0.5) is 0 Å². The smallest absolute Gasteiger partial charge is 0.244 e. The third kappa shape index (κ3) is 4.11. The Morgan fingerprint density at radius 2 is 1.68 bits per heavy atom. The Labute approximate surface area is 167 Å². The number of carbonyl (C=O) groups is 1. The zero-order valence-corrected chi connectivity index (χ0v) is 17.3. The van der Waals surface area contributed by atoms with Crippen molar-refractivity contribution in [2.45, 2.75) is 30.3 Å². The number of piperazine rings is 1. The van der Waals surface area contributed by atoms with E-state index in [4.69, 9.17) is 0 Å². The van der Waals surface area contributed by atoms with Crippen LogP contribution in [0.1, 0.15) is 24.1 Å². The minimum atomic E-state index is -3.62. The minimum absolute atomic E-state index is 0.0177. The van der Waals surface area contributed by atoms with Gasteiger partial charge in [0.1, 0.15) is 6.04 Å². The summed E-state index contributed by atoms with van der Waals surface area (Å²) >= 11 is 0. The van der Waals surface area contributed by atoms with E-state index in [1.165, 1.54) is 0 Å². The summed E-state index contributed by atoms with van der Waals surface area (Å²) in [6.07, 6.45) is 0.647. The largest absolute Gasteiger partial charge is 0.342 e. The Bertz CT molecular complexity index is 931. The van der Waals surface area contributed by atoms with Crippen LogP contribution in [0.3, 0.4) is 0 Å². The van der Waals surface area contributed by atoms with Crippen LogP contribution < -0.4 is 4.72 Å². The van der Waals surface area contributed by atoms with E-state index < -0.39 is 16.1 Å². The van der Waals surface area contributed by atoms with Crippen LogP contribution in [0, 0.1) is 0 Å². The highest BCUT2D eigenvalue weighted by Crippen LogP contribution is 2.28. The monoisotopic (exact) mass is 401 g/mol. The number of hydrogen-bond donors (Lipinski definition) is 1. The summed E-state index contributed by atoms with van der Waals surface area (Å²) in [5.74, 6) is 0.0177. The zero-order chi connectivity index (χ0) is 20.3. The molecule has 1 fully saturated rings. The maximum absolute atomic E-state index is 12.8. The molecule has 7 heteroatoms. The lowest BCUT2D eigenvalue weighted by Gasteiger charge is -2.43. The highest BCUT2D eigenvalue weighted by molar-refractivity contribution is 7.89. The van der Waals surface area contributed by atoms with Gasteiger partial charge >= 0.3 is 0 Å². The molecule has 0 aliphatic carbocycles. The molecular formula is C21H27N3O3S. The molecule has 0 radical (unpaired) electrons. The van der Waals surface area contributed by atoms with Crippen molar-refractivity contribution < 1.29 is 13.2 Å². The van der Waals surface area contributed by atoms with Crippen LogP contribution in [-0.4, -0.2) is 57.4 Å². The van der Waals surface area contributed by atoms with Crippen LogP contribution in [0.15, 0.2) is 59.5 Å². The van der Waals surface area contributed by atoms with Gasteiger partial charge < -0.3 is 4.90 Å². The van der Waals surface area contributed by atoms with Crippen LogP contribution in [0.5, 0.6) is 0 Å². The molecule has 1 aliphatic heterocycles. The van der Waals surface area contributed by atoms with Crippen molar-refractivity contribution in [3.05, 3.63) is 65.7 Å². The standard InChI is InChI=1S/C21H27N3O3S/c1-4-16-10-8-9-13-19(16)28(26,27)22-14-18-15-23(2)21(25)20(24(18)3)17-11-6-5-7-12-17/h5-13,18,20,22H,4,14-15H2,1-3H3/t18-,20+/m1/s1. The molecule has 1 saturated heterocycles. The summed E-state index contributed by atoms with van der Waals surface area (Å²) in [5.41, 5.74) is 1.70. The molecule has 0 saturated carbocycles. The summed E-state index contributed by atoms with van der Waals surface area (Å²) in [6, 6.07) is 16.1. The first-order valence-electron chi connectivity index (χ1n) is 9.44. The molecule has 1 aliphatic rings.